The first-order valence-electron chi connectivity index (χ1n) is 3.50. The van der Waals surface area contributed by atoms with Gasteiger partial charge < -0.3 is 0 Å². The van der Waals surface area contributed by atoms with Crippen LogP contribution in [0.15, 0.2) is 28.7 Å². The van der Waals surface area contributed by atoms with Crippen LogP contribution in [0.5, 0.6) is 0 Å². The Morgan fingerprint density at radius 1 is 1.20 bits per heavy atom. The molecule has 0 atom stereocenters. The topological polar surface area (TPSA) is 43.4 Å². The Bertz CT molecular complexity index is 457. The van der Waals surface area contributed by atoms with Crippen molar-refractivity contribution in [1.82, 2.24) is 0 Å². The Kier molecular flexibility index (Phi) is 4.83. The van der Waals surface area contributed by atoms with E-state index in [0.29, 0.717) is 10.0 Å². The van der Waals surface area contributed by atoms with E-state index in [0.717, 1.165) is 0 Å². The Labute approximate surface area is 122 Å². The van der Waals surface area contributed by atoms with Crippen LogP contribution in [0.2, 0.25) is 0 Å². The van der Waals surface area contributed by atoms with E-state index >= 15 is 0 Å². The van der Waals surface area contributed by atoms with E-state index in [4.69, 9.17) is 0 Å². The van der Waals surface area contributed by atoms with E-state index in [9.17, 15) is 8.42 Å². The lowest BCUT2D eigenvalue weighted by atomic mass is 10.2. The summed E-state index contributed by atoms with van der Waals surface area (Å²) in [6, 6.07) is 6.89. The molecule has 0 spiro atoms. The summed E-state index contributed by atoms with van der Waals surface area (Å²) in [6.07, 6.45) is 0. The minimum Gasteiger partial charge on any atom is -0.196 e. The lowest BCUT2D eigenvalue weighted by Gasteiger charge is -2.19. The zero-order valence-corrected chi connectivity index (χ0v) is 14.1. The number of rotatable bonds is 3. The van der Waals surface area contributed by atoms with Crippen LogP contribution in [0, 0.1) is 0 Å². The summed E-state index contributed by atoms with van der Waals surface area (Å²) in [4.78, 5) is 0. The lowest BCUT2D eigenvalue weighted by Crippen LogP contribution is -2.22. The van der Waals surface area contributed by atoms with E-state index < -0.39 is 12.7 Å². The molecule has 3 nitrogen and oxygen atoms in total. The summed E-state index contributed by atoms with van der Waals surface area (Å²) in [6.45, 7) is 0. The normalized spacial score (nSPS) is 12.8. The standard InChI is InChI=1S/C7H4Br4O3S/c8-6-4-2-1-3-5(6)7(9,10)15(12,13)14-11/h1-4H. The van der Waals surface area contributed by atoms with Crippen LogP contribution >= 0.6 is 64.0 Å². The minimum atomic E-state index is -3.85. The van der Waals surface area contributed by atoms with Gasteiger partial charge in [0, 0.05) is 10.0 Å². The maximum atomic E-state index is 11.6. The zero-order chi connectivity index (χ0) is 11.7. The number of benzene rings is 1. The van der Waals surface area contributed by atoms with Crippen molar-refractivity contribution < 1.29 is 11.7 Å². The molecule has 0 aliphatic rings. The van der Waals surface area contributed by atoms with Gasteiger partial charge in [0.05, 0.1) is 0 Å². The number of alkyl halides is 2. The fourth-order valence-corrected chi connectivity index (χ4v) is 5.39. The Hall–Kier alpha value is 1.05. The molecule has 0 radical (unpaired) electrons. The van der Waals surface area contributed by atoms with Crippen molar-refractivity contribution in [2.24, 2.45) is 0 Å². The van der Waals surface area contributed by atoms with Crippen LogP contribution < -0.4 is 0 Å². The average Bonchev–Trinajstić information content (AvgIpc) is 2.18. The molecule has 0 saturated heterocycles. The Morgan fingerprint density at radius 2 is 1.73 bits per heavy atom. The molecule has 0 amide bonds. The zero-order valence-electron chi connectivity index (χ0n) is 6.95. The molecule has 0 bridgehead atoms. The SMILES string of the molecule is O=S(=O)(OBr)C(Br)(Br)c1ccccc1Br. The Morgan fingerprint density at radius 3 is 2.20 bits per heavy atom. The summed E-state index contributed by atoms with van der Waals surface area (Å²) < 4.78 is 26.6. The van der Waals surface area contributed by atoms with Crippen LogP contribution in [0.3, 0.4) is 0 Å². The van der Waals surface area contributed by atoms with Crippen molar-refractivity contribution in [2.45, 2.75) is 2.57 Å². The Balaban J connectivity index is 3.36. The number of hydrogen-bond donors (Lipinski definition) is 0. The summed E-state index contributed by atoms with van der Waals surface area (Å²) in [5.74, 6) is 0. The van der Waals surface area contributed by atoms with Gasteiger partial charge in [-0.05, 0) is 37.9 Å². The third-order valence-electron chi connectivity index (χ3n) is 1.58. The monoisotopic (exact) mass is 484 g/mol. The molecule has 0 unspecified atom stereocenters. The van der Waals surface area contributed by atoms with Gasteiger partial charge >= 0.3 is 10.1 Å². The molecule has 0 fully saturated rings. The molecule has 15 heavy (non-hydrogen) atoms. The van der Waals surface area contributed by atoms with Gasteiger partial charge in [-0.15, -0.1) is 0 Å². The van der Waals surface area contributed by atoms with Crippen molar-refractivity contribution in [2.75, 3.05) is 0 Å². The molecule has 0 aliphatic carbocycles. The summed E-state index contributed by atoms with van der Waals surface area (Å²) >= 11 is 11.9. The fourth-order valence-electron chi connectivity index (χ4n) is 0.871. The fraction of sp³-hybridized carbons (Fsp3) is 0.143. The maximum Gasteiger partial charge on any atom is 0.308 e. The predicted molar refractivity (Wildman–Crippen MR) is 72.6 cm³/mol. The first-order chi connectivity index (χ1) is 6.83. The molecule has 1 rings (SSSR count). The number of hydrogen-bond acceptors (Lipinski definition) is 3. The lowest BCUT2D eigenvalue weighted by molar-refractivity contribution is 0.522. The highest BCUT2D eigenvalue weighted by molar-refractivity contribution is 9.27. The summed E-state index contributed by atoms with van der Waals surface area (Å²) in [7, 11) is -3.85. The highest BCUT2D eigenvalue weighted by atomic mass is 79.9. The van der Waals surface area contributed by atoms with Crippen molar-refractivity contribution in [3.05, 3.63) is 34.3 Å². The van der Waals surface area contributed by atoms with E-state index in [-0.39, 0.29) is 0 Å². The smallest absolute Gasteiger partial charge is 0.196 e. The largest absolute Gasteiger partial charge is 0.308 e. The molecule has 8 heteroatoms. The molecule has 0 aliphatic heterocycles. The van der Waals surface area contributed by atoms with Crippen molar-refractivity contribution in [1.29, 1.82) is 0 Å². The van der Waals surface area contributed by atoms with Gasteiger partial charge in [-0.2, -0.15) is 11.7 Å². The van der Waals surface area contributed by atoms with Crippen LogP contribution in [0.25, 0.3) is 0 Å². The number of halogens is 4. The van der Waals surface area contributed by atoms with Crippen molar-refractivity contribution >= 4 is 74.2 Å². The molecule has 1 aromatic rings. The van der Waals surface area contributed by atoms with Crippen molar-refractivity contribution in [3.8, 4) is 0 Å². The van der Waals surface area contributed by atoms with Crippen LogP contribution in [0.4, 0.5) is 0 Å². The van der Waals surface area contributed by atoms with Gasteiger partial charge in [0.1, 0.15) is 16.3 Å². The quantitative estimate of drug-likeness (QED) is 0.605. The summed E-state index contributed by atoms with van der Waals surface area (Å²) in [5.41, 5.74) is 0.490. The second-order valence-electron chi connectivity index (χ2n) is 2.51. The minimum absolute atomic E-state index is 0.490. The van der Waals surface area contributed by atoms with Gasteiger partial charge in [0.25, 0.3) is 0 Å². The van der Waals surface area contributed by atoms with E-state index in [1.165, 1.54) is 0 Å². The van der Waals surface area contributed by atoms with Crippen LogP contribution in [-0.4, -0.2) is 8.42 Å². The molecule has 0 N–H and O–H groups in total. The third-order valence-corrected chi connectivity index (χ3v) is 7.57. The molecule has 0 heterocycles. The molecule has 0 saturated carbocycles. The molecule has 84 valence electrons. The van der Waals surface area contributed by atoms with Crippen LogP contribution in [-0.2, 0) is 16.0 Å². The van der Waals surface area contributed by atoms with E-state index in [2.05, 4.69) is 67.3 Å². The third kappa shape index (κ3) is 2.84. The molecule has 1 aromatic carbocycles. The van der Waals surface area contributed by atoms with E-state index in [1.54, 1.807) is 24.3 Å². The molecule has 0 aromatic heterocycles. The van der Waals surface area contributed by atoms with Gasteiger partial charge in [0.2, 0.25) is 2.57 Å². The van der Waals surface area contributed by atoms with E-state index in [1.807, 2.05) is 0 Å². The van der Waals surface area contributed by atoms with Gasteiger partial charge in [-0.1, -0.05) is 34.1 Å². The molecular weight excluding hydrogens is 484 g/mol. The average molecular weight is 488 g/mol. The second-order valence-corrected chi connectivity index (χ2v) is 10.3. The van der Waals surface area contributed by atoms with Gasteiger partial charge in [0.15, 0.2) is 0 Å². The van der Waals surface area contributed by atoms with Crippen LogP contribution in [0.1, 0.15) is 5.56 Å². The molecular formula is C7H4Br4O3S. The maximum absolute atomic E-state index is 11.6. The second kappa shape index (κ2) is 5.14. The van der Waals surface area contributed by atoms with Gasteiger partial charge in [-0.3, -0.25) is 0 Å². The first-order valence-corrected chi connectivity index (χ1v) is 7.94. The summed E-state index contributed by atoms with van der Waals surface area (Å²) in [5, 5.41) is 0. The van der Waals surface area contributed by atoms with Gasteiger partial charge in [-0.25, -0.2) is 0 Å². The highest BCUT2D eigenvalue weighted by Crippen LogP contribution is 2.47. The predicted octanol–water partition coefficient (Wildman–Crippen LogP) is 4.01. The highest BCUT2D eigenvalue weighted by Gasteiger charge is 2.43. The van der Waals surface area contributed by atoms with Crippen molar-refractivity contribution in [3.63, 3.8) is 0 Å². The first kappa shape index (κ1) is 14.1.